The Morgan fingerprint density at radius 2 is 2.08 bits per heavy atom. The van der Waals surface area contributed by atoms with Gasteiger partial charge in [0.25, 0.3) is 0 Å². The standard InChI is InChI=1S/C19H29N5O2/c1-4-20-19(24-13-18(25)21-9-10-26-3)22-8-7-15-12-23-17-11-14(2)5-6-16(15)17/h5-6,11-12,23H,4,7-10,13H2,1-3H3,(H,21,25)(H2,20,22,24). The van der Waals surface area contributed by atoms with Crippen LogP contribution in [0.4, 0.5) is 0 Å². The van der Waals surface area contributed by atoms with E-state index >= 15 is 0 Å². The van der Waals surface area contributed by atoms with E-state index in [2.05, 4.69) is 57.2 Å². The van der Waals surface area contributed by atoms with E-state index in [9.17, 15) is 4.79 Å². The van der Waals surface area contributed by atoms with E-state index in [0.717, 1.165) is 25.0 Å². The van der Waals surface area contributed by atoms with Gasteiger partial charge in [0.2, 0.25) is 5.91 Å². The fraction of sp³-hybridized carbons (Fsp3) is 0.474. The van der Waals surface area contributed by atoms with Crippen LogP contribution in [0.25, 0.3) is 10.9 Å². The van der Waals surface area contributed by atoms with Crippen molar-refractivity contribution in [1.29, 1.82) is 0 Å². The molecule has 1 aromatic heterocycles. The number of aromatic nitrogens is 1. The molecule has 0 spiro atoms. The number of carbonyl (C=O) groups is 1. The molecule has 1 amide bonds. The van der Waals surface area contributed by atoms with Gasteiger partial charge in [0.15, 0.2) is 5.96 Å². The number of rotatable bonds is 9. The summed E-state index contributed by atoms with van der Waals surface area (Å²) in [4.78, 5) is 19.4. The third-order valence-corrected chi connectivity index (χ3v) is 3.96. The lowest BCUT2D eigenvalue weighted by atomic mass is 10.1. The highest BCUT2D eigenvalue weighted by Gasteiger charge is 2.05. The number of benzene rings is 1. The van der Waals surface area contributed by atoms with E-state index in [0.29, 0.717) is 19.1 Å². The van der Waals surface area contributed by atoms with Crippen molar-refractivity contribution in [3.63, 3.8) is 0 Å². The SMILES string of the molecule is CCNC(=NCC(=O)NCCOC)NCCc1c[nH]c2cc(C)ccc12. The third kappa shape index (κ3) is 6.07. The fourth-order valence-electron chi connectivity index (χ4n) is 2.66. The molecule has 0 atom stereocenters. The number of aromatic amines is 1. The maximum atomic E-state index is 11.7. The van der Waals surface area contributed by atoms with Crippen LogP contribution in [0.1, 0.15) is 18.1 Å². The minimum Gasteiger partial charge on any atom is -0.383 e. The molecule has 0 bridgehead atoms. The molecule has 2 aromatic rings. The van der Waals surface area contributed by atoms with Crippen LogP contribution in [0.5, 0.6) is 0 Å². The zero-order valence-corrected chi connectivity index (χ0v) is 15.8. The van der Waals surface area contributed by atoms with E-state index < -0.39 is 0 Å². The zero-order valence-electron chi connectivity index (χ0n) is 15.8. The number of aliphatic imine (C=N–C) groups is 1. The van der Waals surface area contributed by atoms with Crippen LogP contribution < -0.4 is 16.0 Å². The van der Waals surface area contributed by atoms with Crippen molar-refractivity contribution >= 4 is 22.8 Å². The van der Waals surface area contributed by atoms with E-state index in [1.807, 2.05) is 6.92 Å². The van der Waals surface area contributed by atoms with Crippen LogP contribution in [-0.4, -0.2) is 56.7 Å². The predicted octanol–water partition coefficient (Wildman–Crippen LogP) is 1.34. The first-order valence-corrected chi connectivity index (χ1v) is 8.98. The Balaban J connectivity index is 1.85. The Hall–Kier alpha value is -2.54. The van der Waals surface area contributed by atoms with Crippen LogP contribution in [0, 0.1) is 6.92 Å². The van der Waals surface area contributed by atoms with Gasteiger partial charge >= 0.3 is 0 Å². The van der Waals surface area contributed by atoms with E-state index in [1.165, 1.54) is 16.5 Å². The molecular weight excluding hydrogens is 330 g/mol. The van der Waals surface area contributed by atoms with Gasteiger partial charge in [-0.1, -0.05) is 12.1 Å². The first kappa shape index (κ1) is 19.8. The summed E-state index contributed by atoms with van der Waals surface area (Å²) < 4.78 is 4.90. The number of nitrogens with one attached hydrogen (secondary N) is 4. The smallest absolute Gasteiger partial charge is 0.241 e. The summed E-state index contributed by atoms with van der Waals surface area (Å²) in [6.07, 6.45) is 2.92. The van der Waals surface area contributed by atoms with Gasteiger partial charge in [-0.15, -0.1) is 0 Å². The van der Waals surface area contributed by atoms with E-state index in [-0.39, 0.29) is 12.5 Å². The average molecular weight is 359 g/mol. The Kier molecular flexibility index (Phi) is 7.95. The quantitative estimate of drug-likeness (QED) is 0.309. The molecule has 26 heavy (non-hydrogen) atoms. The summed E-state index contributed by atoms with van der Waals surface area (Å²) in [7, 11) is 1.60. The van der Waals surface area contributed by atoms with Crippen molar-refractivity contribution in [3.8, 4) is 0 Å². The van der Waals surface area contributed by atoms with Crippen LogP contribution in [0.15, 0.2) is 29.4 Å². The van der Waals surface area contributed by atoms with Gasteiger partial charge in [-0.05, 0) is 37.5 Å². The maximum Gasteiger partial charge on any atom is 0.241 e. The number of methoxy groups -OCH3 is 1. The molecule has 0 saturated heterocycles. The minimum atomic E-state index is -0.119. The summed E-state index contributed by atoms with van der Waals surface area (Å²) in [5.41, 5.74) is 3.67. The van der Waals surface area contributed by atoms with Crippen molar-refractivity contribution in [1.82, 2.24) is 20.9 Å². The predicted molar refractivity (Wildman–Crippen MR) is 106 cm³/mol. The molecule has 4 N–H and O–H groups in total. The molecule has 1 heterocycles. The molecular formula is C19H29N5O2. The second-order valence-corrected chi connectivity index (χ2v) is 6.08. The van der Waals surface area contributed by atoms with Gasteiger partial charge in [0.05, 0.1) is 6.61 Å². The lowest BCUT2D eigenvalue weighted by Gasteiger charge is -2.11. The van der Waals surface area contributed by atoms with Crippen LogP contribution in [-0.2, 0) is 16.0 Å². The molecule has 0 unspecified atom stereocenters. The van der Waals surface area contributed by atoms with Crippen molar-refractivity contribution < 1.29 is 9.53 Å². The highest BCUT2D eigenvalue weighted by Crippen LogP contribution is 2.19. The number of nitrogens with zero attached hydrogens (tertiary/aromatic N) is 1. The van der Waals surface area contributed by atoms with Gasteiger partial charge in [-0.3, -0.25) is 4.79 Å². The monoisotopic (exact) mass is 359 g/mol. The number of guanidine groups is 1. The molecule has 7 heteroatoms. The normalized spacial score (nSPS) is 11.6. The summed E-state index contributed by atoms with van der Waals surface area (Å²) >= 11 is 0. The minimum absolute atomic E-state index is 0.0887. The van der Waals surface area contributed by atoms with Crippen molar-refractivity contribution in [2.75, 3.05) is 39.9 Å². The molecule has 0 aliphatic carbocycles. The molecule has 142 valence electrons. The number of ether oxygens (including phenoxy) is 1. The molecule has 0 fully saturated rings. The van der Waals surface area contributed by atoms with Crippen molar-refractivity contribution in [2.24, 2.45) is 4.99 Å². The lowest BCUT2D eigenvalue weighted by Crippen LogP contribution is -2.39. The lowest BCUT2D eigenvalue weighted by molar-refractivity contribution is -0.119. The zero-order chi connectivity index (χ0) is 18.8. The Morgan fingerprint density at radius 3 is 2.85 bits per heavy atom. The van der Waals surface area contributed by atoms with Crippen LogP contribution in [0.3, 0.4) is 0 Å². The van der Waals surface area contributed by atoms with E-state index in [1.54, 1.807) is 7.11 Å². The van der Waals surface area contributed by atoms with Gasteiger partial charge in [-0.25, -0.2) is 4.99 Å². The number of carbonyl (C=O) groups excluding carboxylic acids is 1. The van der Waals surface area contributed by atoms with Gasteiger partial charge < -0.3 is 25.7 Å². The molecule has 2 rings (SSSR count). The van der Waals surface area contributed by atoms with E-state index in [4.69, 9.17) is 4.74 Å². The second-order valence-electron chi connectivity index (χ2n) is 6.08. The number of aryl methyl sites for hydroxylation is 1. The molecule has 1 aromatic carbocycles. The van der Waals surface area contributed by atoms with Crippen molar-refractivity contribution in [3.05, 3.63) is 35.5 Å². The first-order chi connectivity index (χ1) is 12.6. The highest BCUT2D eigenvalue weighted by molar-refractivity contribution is 5.85. The molecule has 0 aliphatic rings. The summed E-state index contributed by atoms with van der Waals surface area (Å²) in [6, 6.07) is 6.43. The fourth-order valence-corrected chi connectivity index (χ4v) is 2.66. The summed E-state index contributed by atoms with van der Waals surface area (Å²) in [6.45, 7) is 6.64. The largest absolute Gasteiger partial charge is 0.383 e. The van der Waals surface area contributed by atoms with Crippen molar-refractivity contribution in [2.45, 2.75) is 20.3 Å². The van der Waals surface area contributed by atoms with Gasteiger partial charge in [0.1, 0.15) is 6.54 Å². The summed E-state index contributed by atoms with van der Waals surface area (Å²) in [5.74, 6) is 0.524. The van der Waals surface area contributed by atoms with Crippen LogP contribution in [0.2, 0.25) is 0 Å². The molecule has 7 nitrogen and oxygen atoms in total. The summed E-state index contributed by atoms with van der Waals surface area (Å²) in [5, 5.41) is 10.4. The van der Waals surface area contributed by atoms with Gasteiger partial charge in [0, 0.05) is 43.8 Å². The Labute approximate surface area is 154 Å². The maximum absolute atomic E-state index is 11.7. The van der Waals surface area contributed by atoms with Crippen LogP contribution >= 0.6 is 0 Å². The number of fused-ring (bicyclic) bond motifs is 1. The Bertz CT molecular complexity index is 739. The average Bonchev–Trinajstić information content (AvgIpc) is 3.02. The topological polar surface area (TPSA) is 90.5 Å². The number of amides is 1. The molecule has 0 saturated carbocycles. The number of hydrogen-bond acceptors (Lipinski definition) is 3. The first-order valence-electron chi connectivity index (χ1n) is 8.98. The second kappa shape index (κ2) is 10.5. The third-order valence-electron chi connectivity index (χ3n) is 3.96. The Morgan fingerprint density at radius 1 is 1.23 bits per heavy atom. The number of hydrogen-bond donors (Lipinski definition) is 4. The van der Waals surface area contributed by atoms with Gasteiger partial charge in [-0.2, -0.15) is 0 Å². The molecule has 0 aliphatic heterocycles. The highest BCUT2D eigenvalue weighted by atomic mass is 16.5. The molecule has 0 radical (unpaired) electrons. The number of H-pyrrole nitrogens is 1.